The molecule has 1 atom stereocenters. The van der Waals surface area contributed by atoms with Crippen LogP contribution in [0.1, 0.15) is 19.8 Å². The van der Waals surface area contributed by atoms with Crippen LogP contribution < -0.4 is 10.6 Å². The predicted molar refractivity (Wildman–Crippen MR) is 65.6 cm³/mol. The van der Waals surface area contributed by atoms with Crippen LogP contribution in [0.3, 0.4) is 0 Å². The van der Waals surface area contributed by atoms with Gasteiger partial charge in [0.25, 0.3) is 0 Å². The van der Waals surface area contributed by atoms with E-state index in [9.17, 15) is 9.59 Å². The summed E-state index contributed by atoms with van der Waals surface area (Å²) in [5.41, 5.74) is 0. The number of nitrogens with one attached hydrogen (secondary N) is 2. The van der Waals surface area contributed by atoms with Crippen LogP contribution in [0.15, 0.2) is 0 Å². The second-order valence-electron chi connectivity index (χ2n) is 3.43. The molecule has 6 heteroatoms. The van der Waals surface area contributed by atoms with E-state index in [1.165, 1.54) is 6.92 Å². The van der Waals surface area contributed by atoms with Crippen molar-refractivity contribution in [1.29, 1.82) is 0 Å². The van der Waals surface area contributed by atoms with Gasteiger partial charge in [-0.1, -0.05) is 0 Å². The van der Waals surface area contributed by atoms with E-state index < -0.39 is 6.04 Å². The third kappa shape index (κ3) is 7.53. The molecule has 0 saturated heterocycles. The number of ether oxygens (including phenoxy) is 1. The molecule has 0 aliphatic heterocycles. The summed E-state index contributed by atoms with van der Waals surface area (Å²) >= 11 is 4.01. The van der Waals surface area contributed by atoms with Crippen molar-refractivity contribution in [2.24, 2.45) is 0 Å². The third-order valence-electron chi connectivity index (χ3n) is 1.95. The van der Waals surface area contributed by atoms with Crippen LogP contribution in [0.5, 0.6) is 0 Å². The number of hydrogen-bond acceptors (Lipinski definition) is 4. The maximum Gasteiger partial charge on any atom is 0.243 e. The Bertz CT molecular complexity index is 224. The monoisotopic (exact) mass is 248 g/mol. The topological polar surface area (TPSA) is 67.4 Å². The van der Waals surface area contributed by atoms with Crippen molar-refractivity contribution in [2.45, 2.75) is 25.8 Å². The minimum atomic E-state index is -0.553. The average molecular weight is 248 g/mol. The largest absolute Gasteiger partial charge is 0.385 e. The standard InChI is InChI=1S/C10H20N2O3S/c1-8(13)12-9(7-16)10(14)11-5-3-4-6-15-2/h9,16H,3-7H2,1-2H3,(H,11,14)(H,12,13). The Hall–Kier alpha value is -0.750. The zero-order valence-corrected chi connectivity index (χ0v) is 10.7. The Labute approximate surface area is 102 Å². The number of carbonyl (C=O) groups excluding carboxylic acids is 2. The molecule has 0 rings (SSSR count). The van der Waals surface area contributed by atoms with Crippen LogP contribution >= 0.6 is 12.6 Å². The molecule has 0 saturated carbocycles. The van der Waals surface area contributed by atoms with Crippen molar-refractivity contribution >= 4 is 24.4 Å². The molecular formula is C10H20N2O3S. The highest BCUT2D eigenvalue weighted by Gasteiger charge is 2.16. The zero-order valence-electron chi connectivity index (χ0n) is 9.78. The molecule has 94 valence electrons. The highest BCUT2D eigenvalue weighted by molar-refractivity contribution is 7.80. The lowest BCUT2D eigenvalue weighted by atomic mass is 10.3. The van der Waals surface area contributed by atoms with Crippen LogP contribution in [0.4, 0.5) is 0 Å². The van der Waals surface area contributed by atoms with E-state index in [1.54, 1.807) is 7.11 Å². The van der Waals surface area contributed by atoms with Gasteiger partial charge < -0.3 is 15.4 Å². The van der Waals surface area contributed by atoms with E-state index in [2.05, 4.69) is 23.3 Å². The maximum atomic E-state index is 11.5. The normalized spacial score (nSPS) is 11.9. The number of hydrogen-bond donors (Lipinski definition) is 3. The van der Waals surface area contributed by atoms with Crippen molar-refractivity contribution in [2.75, 3.05) is 26.0 Å². The summed E-state index contributed by atoms with van der Waals surface area (Å²) < 4.78 is 4.89. The molecule has 2 amide bonds. The summed E-state index contributed by atoms with van der Waals surface area (Å²) in [6, 6.07) is -0.553. The van der Waals surface area contributed by atoms with E-state index in [1.807, 2.05) is 0 Å². The van der Waals surface area contributed by atoms with E-state index in [4.69, 9.17) is 4.74 Å². The van der Waals surface area contributed by atoms with Gasteiger partial charge in [-0.3, -0.25) is 9.59 Å². The second kappa shape index (κ2) is 9.47. The summed E-state index contributed by atoms with van der Waals surface area (Å²) in [5, 5.41) is 5.27. The van der Waals surface area contributed by atoms with Gasteiger partial charge in [0.15, 0.2) is 0 Å². The molecule has 5 nitrogen and oxygen atoms in total. The fourth-order valence-corrected chi connectivity index (χ4v) is 1.40. The molecular weight excluding hydrogens is 228 g/mol. The fraction of sp³-hybridized carbons (Fsp3) is 0.800. The smallest absolute Gasteiger partial charge is 0.243 e. The molecule has 0 fully saturated rings. The van der Waals surface area contributed by atoms with Crippen LogP contribution in [-0.4, -0.2) is 43.9 Å². The van der Waals surface area contributed by atoms with Crippen LogP contribution in [0, 0.1) is 0 Å². The van der Waals surface area contributed by atoms with E-state index in [0.29, 0.717) is 18.9 Å². The van der Waals surface area contributed by atoms with E-state index in [-0.39, 0.29) is 11.8 Å². The molecule has 0 aliphatic carbocycles. The van der Waals surface area contributed by atoms with Crippen molar-refractivity contribution in [3.05, 3.63) is 0 Å². The summed E-state index contributed by atoms with van der Waals surface area (Å²) in [6.45, 7) is 2.66. The van der Waals surface area contributed by atoms with E-state index >= 15 is 0 Å². The van der Waals surface area contributed by atoms with Crippen molar-refractivity contribution in [3.8, 4) is 0 Å². The summed E-state index contributed by atoms with van der Waals surface area (Å²) in [7, 11) is 1.65. The van der Waals surface area contributed by atoms with Crippen LogP contribution in [0.25, 0.3) is 0 Å². The van der Waals surface area contributed by atoms with Gasteiger partial charge in [0.2, 0.25) is 11.8 Å². The molecule has 1 unspecified atom stereocenters. The Kier molecular flexibility index (Phi) is 9.03. The molecule has 0 bridgehead atoms. The number of thiol groups is 1. The van der Waals surface area contributed by atoms with Gasteiger partial charge in [-0.2, -0.15) is 12.6 Å². The molecule has 0 heterocycles. The predicted octanol–water partition coefficient (Wildman–Crippen LogP) is -0.0363. The highest BCUT2D eigenvalue weighted by atomic mass is 32.1. The van der Waals surface area contributed by atoms with Gasteiger partial charge >= 0.3 is 0 Å². The fourth-order valence-electron chi connectivity index (χ4n) is 1.15. The molecule has 0 aromatic carbocycles. The Balaban J connectivity index is 3.71. The summed E-state index contributed by atoms with van der Waals surface area (Å²) in [5.74, 6) is -0.125. The van der Waals surface area contributed by atoms with Crippen molar-refractivity contribution in [1.82, 2.24) is 10.6 Å². The summed E-state index contributed by atoms with van der Waals surface area (Å²) in [4.78, 5) is 22.3. The highest BCUT2D eigenvalue weighted by Crippen LogP contribution is 1.91. The average Bonchev–Trinajstić information content (AvgIpc) is 2.25. The number of methoxy groups -OCH3 is 1. The minimum Gasteiger partial charge on any atom is -0.385 e. The van der Waals surface area contributed by atoms with Crippen LogP contribution in [0.2, 0.25) is 0 Å². The van der Waals surface area contributed by atoms with Gasteiger partial charge in [0.05, 0.1) is 0 Å². The second-order valence-corrected chi connectivity index (χ2v) is 3.79. The number of carbonyl (C=O) groups is 2. The quantitative estimate of drug-likeness (QED) is 0.417. The van der Waals surface area contributed by atoms with Gasteiger partial charge in [-0.25, -0.2) is 0 Å². The SMILES string of the molecule is COCCCCNC(=O)C(CS)NC(C)=O. The Morgan fingerprint density at radius 1 is 1.38 bits per heavy atom. The number of rotatable bonds is 8. The molecule has 0 radical (unpaired) electrons. The molecule has 0 aliphatic rings. The van der Waals surface area contributed by atoms with Crippen molar-refractivity contribution in [3.63, 3.8) is 0 Å². The molecule has 0 spiro atoms. The maximum absolute atomic E-state index is 11.5. The van der Waals surface area contributed by atoms with E-state index in [0.717, 1.165) is 12.8 Å². The number of amides is 2. The molecule has 16 heavy (non-hydrogen) atoms. The van der Waals surface area contributed by atoms with Gasteiger partial charge in [-0.05, 0) is 12.8 Å². The Morgan fingerprint density at radius 2 is 2.06 bits per heavy atom. The van der Waals surface area contributed by atoms with Gasteiger partial charge in [-0.15, -0.1) is 0 Å². The van der Waals surface area contributed by atoms with Crippen molar-refractivity contribution < 1.29 is 14.3 Å². The van der Waals surface area contributed by atoms with Gasteiger partial charge in [0.1, 0.15) is 6.04 Å². The first-order chi connectivity index (χ1) is 7.61. The lowest BCUT2D eigenvalue weighted by Crippen LogP contribution is -2.47. The third-order valence-corrected chi connectivity index (χ3v) is 2.32. The first-order valence-corrected chi connectivity index (χ1v) is 5.89. The molecule has 0 aromatic heterocycles. The first kappa shape index (κ1) is 15.2. The van der Waals surface area contributed by atoms with Gasteiger partial charge in [0, 0.05) is 32.9 Å². The lowest BCUT2D eigenvalue weighted by molar-refractivity contribution is -0.127. The lowest BCUT2D eigenvalue weighted by Gasteiger charge is -2.15. The zero-order chi connectivity index (χ0) is 12.4. The summed E-state index contributed by atoms with van der Waals surface area (Å²) in [6.07, 6.45) is 1.77. The Morgan fingerprint density at radius 3 is 2.56 bits per heavy atom. The molecule has 2 N–H and O–H groups in total. The number of unbranched alkanes of at least 4 members (excludes halogenated alkanes) is 1. The minimum absolute atomic E-state index is 0.192. The first-order valence-electron chi connectivity index (χ1n) is 5.26. The molecule has 0 aromatic rings. The van der Waals surface area contributed by atoms with Crippen LogP contribution in [-0.2, 0) is 14.3 Å².